The molecule has 0 bridgehead atoms. The van der Waals surface area contributed by atoms with E-state index in [9.17, 15) is 9.59 Å². The molecular formula is C22H25BrN2O4S2. The van der Waals surface area contributed by atoms with Gasteiger partial charge in [0.25, 0.3) is 5.91 Å². The van der Waals surface area contributed by atoms with Gasteiger partial charge >= 0.3 is 5.97 Å². The molecule has 1 aromatic heterocycles. The summed E-state index contributed by atoms with van der Waals surface area (Å²) in [4.78, 5) is 26.2. The van der Waals surface area contributed by atoms with E-state index < -0.39 is 5.97 Å². The zero-order chi connectivity index (χ0) is 22.5. The van der Waals surface area contributed by atoms with E-state index in [2.05, 4.69) is 40.4 Å². The molecule has 0 unspecified atom stereocenters. The van der Waals surface area contributed by atoms with Crippen LogP contribution in [-0.4, -0.2) is 30.7 Å². The van der Waals surface area contributed by atoms with E-state index in [1.807, 2.05) is 0 Å². The third-order valence-corrected chi connectivity index (χ3v) is 6.81. The van der Waals surface area contributed by atoms with Crippen LogP contribution >= 0.6 is 39.5 Å². The number of hydrogen-bond acceptors (Lipinski definition) is 6. The molecule has 1 heterocycles. The largest absolute Gasteiger partial charge is 0.492 e. The van der Waals surface area contributed by atoms with Crippen molar-refractivity contribution in [1.29, 1.82) is 0 Å². The minimum atomic E-state index is -0.392. The van der Waals surface area contributed by atoms with Gasteiger partial charge < -0.3 is 14.8 Å². The molecule has 1 aliphatic rings. The Morgan fingerprint density at radius 2 is 2.00 bits per heavy atom. The summed E-state index contributed by atoms with van der Waals surface area (Å²) >= 11 is 10.3. The second-order valence-electron chi connectivity index (χ2n) is 7.66. The van der Waals surface area contributed by atoms with Gasteiger partial charge in [0.1, 0.15) is 10.8 Å². The number of hydrogen-bond donors (Lipinski definition) is 2. The van der Waals surface area contributed by atoms with Crippen LogP contribution in [0.15, 0.2) is 22.7 Å². The van der Waals surface area contributed by atoms with Gasteiger partial charge in [0.05, 0.1) is 23.8 Å². The number of thiophene rings is 1. The molecule has 0 atom stereocenters. The summed E-state index contributed by atoms with van der Waals surface area (Å²) in [6.07, 6.45) is 3.92. The first-order valence-corrected chi connectivity index (χ1v) is 12.1. The summed E-state index contributed by atoms with van der Waals surface area (Å²) in [7, 11) is 1.37. The number of carbonyl (C=O) groups is 2. The number of esters is 1. The average Bonchev–Trinajstić information content (AvgIpc) is 3.09. The van der Waals surface area contributed by atoms with Gasteiger partial charge in [0.15, 0.2) is 5.11 Å². The lowest BCUT2D eigenvalue weighted by Crippen LogP contribution is -2.34. The Labute approximate surface area is 199 Å². The van der Waals surface area contributed by atoms with Crippen molar-refractivity contribution in [2.75, 3.05) is 19.0 Å². The zero-order valence-electron chi connectivity index (χ0n) is 17.7. The van der Waals surface area contributed by atoms with Gasteiger partial charge in [-0.2, -0.15) is 0 Å². The SMILES string of the molecule is COC(=O)c1c(NC(=S)NC(=O)c2ccc(OCC(C)C)c(Br)c2)sc2c1CCCC2. The van der Waals surface area contributed by atoms with E-state index in [0.717, 1.165) is 31.2 Å². The average molecular weight is 525 g/mol. The molecule has 6 nitrogen and oxygen atoms in total. The first kappa shape index (κ1) is 23.7. The number of amides is 1. The van der Waals surface area contributed by atoms with Crippen molar-refractivity contribution in [3.05, 3.63) is 44.2 Å². The molecule has 31 heavy (non-hydrogen) atoms. The van der Waals surface area contributed by atoms with E-state index in [1.54, 1.807) is 18.2 Å². The summed E-state index contributed by atoms with van der Waals surface area (Å²) in [5.74, 6) is 0.334. The number of fused-ring (bicyclic) bond motifs is 1. The highest BCUT2D eigenvalue weighted by molar-refractivity contribution is 9.10. The second kappa shape index (κ2) is 10.6. The fourth-order valence-electron chi connectivity index (χ4n) is 3.30. The number of nitrogens with one attached hydrogen (secondary N) is 2. The maximum atomic E-state index is 12.7. The molecule has 0 radical (unpaired) electrons. The molecular weight excluding hydrogens is 500 g/mol. The first-order valence-electron chi connectivity index (χ1n) is 10.1. The Morgan fingerprint density at radius 1 is 1.26 bits per heavy atom. The molecule has 0 aliphatic heterocycles. The maximum Gasteiger partial charge on any atom is 0.341 e. The molecule has 1 amide bonds. The van der Waals surface area contributed by atoms with Gasteiger partial charge in [0, 0.05) is 10.4 Å². The molecule has 1 aromatic carbocycles. The highest BCUT2D eigenvalue weighted by atomic mass is 79.9. The second-order valence-corrected chi connectivity index (χ2v) is 10.0. The number of rotatable bonds is 6. The Hall–Kier alpha value is -1.97. The van der Waals surface area contributed by atoms with Gasteiger partial charge in [-0.05, 0) is 83.5 Å². The van der Waals surface area contributed by atoms with E-state index >= 15 is 0 Å². The van der Waals surface area contributed by atoms with E-state index in [1.165, 1.54) is 23.3 Å². The Bertz CT molecular complexity index is 1000. The van der Waals surface area contributed by atoms with Crippen LogP contribution in [0.4, 0.5) is 5.00 Å². The van der Waals surface area contributed by atoms with Gasteiger partial charge in [-0.25, -0.2) is 4.79 Å². The normalized spacial score (nSPS) is 12.8. The lowest BCUT2D eigenvalue weighted by Gasteiger charge is -2.13. The number of benzene rings is 1. The van der Waals surface area contributed by atoms with Crippen LogP contribution in [0.2, 0.25) is 0 Å². The number of aryl methyl sites for hydroxylation is 1. The van der Waals surface area contributed by atoms with Crippen LogP contribution < -0.4 is 15.4 Å². The number of ether oxygens (including phenoxy) is 2. The summed E-state index contributed by atoms with van der Waals surface area (Å²) in [6, 6.07) is 5.12. The minimum Gasteiger partial charge on any atom is -0.492 e. The quantitative estimate of drug-likeness (QED) is 0.392. The van der Waals surface area contributed by atoms with Crippen LogP contribution in [0, 0.1) is 5.92 Å². The van der Waals surface area contributed by atoms with Crippen molar-refractivity contribution in [3.63, 3.8) is 0 Å². The number of carbonyl (C=O) groups excluding carboxylic acids is 2. The van der Waals surface area contributed by atoms with E-state index in [4.69, 9.17) is 21.7 Å². The zero-order valence-corrected chi connectivity index (χ0v) is 20.9. The van der Waals surface area contributed by atoms with Crippen LogP contribution in [0.3, 0.4) is 0 Å². The maximum absolute atomic E-state index is 12.7. The fourth-order valence-corrected chi connectivity index (χ4v) is 5.33. The predicted molar refractivity (Wildman–Crippen MR) is 130 cm³/mol. The minimum absolute atomic E-state index is 0.130. The number of methoxy groups -OCH3 is 1. The standard InChI is InChI=1S/C22H25BrN2O4S2/c1-12(2)11-29-16-9-8-13(10-15(16)23)19(26)24-22(30)25-20-18(21(27)28-3)14-6-4-5-7-17(14)31-20/h8-10,12H,4-7,11H2,1-3H3,(H2,24,25,26,30). The molecule has 2 N–H and O–H groups in total. The van der Waals surface area contributed by atoms with Crippen LogP contribution in [0.5, 0.6) is 5.75 Å². The van der Waals surface area contributed by atoms with E-state index in [0.29, 0.717) is 38.9 Å². The summed E-state index contributed by atoms with van der Waals surface area (Å²) in [5.41, 5.74) is 1.99. The molecule has 0 saturated heterocycles. The summed E-state index contributed by atoms with van der Waals surface area (Å²) < 4.78 is 11.4. The van der Waals surface area contributed by atoms with Gasteiger partial charge in [-0.1, -0.05) is 13.8 Å². The van der Waals surface area contributed by atoms with Gasteiger partial charge in [-0.15, -0.1) is 11.3 Å². The Morgan fingerprint density at radius 3 is 2.68 bits per heavy atom. The third kappa shape index (κ3) is 5.84. The predicted octanol–water partition coefficient (Wildman–Crippen LogP) is 5.34. The number of halogens is 1. The molecule has 0 saturated carbocycles. The van der Waals surface area contributed by atoms with Crippen molar-refractivity contribution in [2.45, 2.75) is 39.5 Å². The highest BCUT2D eigenvalue weighted by Crippen LogP contribution is 2.38. The molecule has 166 valence electrons. The van der Waals surface area contributed by atoms with Crippen molar-refractivity contribution >= 4 is 61.5 Å². The van der Waals surface area contributed by atoms with Gasteiger partial charge in [-0.3, -0.25) is 10.1 Å². The van der Waals surface area contributed by atoms with Crippen molar-refractivity contribution < 1.29 is 19.1 Å². The highest BCUT2D eigenvalue weighted by Gasteiger charge is 2.26. The smallest absolute Gasteiger partial charge is 0.341 e. The molecule has 1 aliphatic carbocycles. The monoisotopic (exact) mass is 524 g/mol. The van der Waals surface area contributed by atoms with Crippen molar-refractivity contribution in [1.82, 2.24) is 5.32 Å². The van der Waals surface area contributed by atoms with Gasteiger partial charge in [0.2, 0.25) is 0 Å². The first-order chi connectivity index (χ1) is 14.8. The molecule has 3 rings (SSSR count). The molecule has 9 heteroatoms. The molecule has 0 spiro atoms. The Kier molecular flexibility index (Phi) is 8.07. The number of thiocarbonyl (C=S) groups is 1. The van der Waals surface area contributed by atoms with E-state index in [-0.39, 0.29) is 11.0 Å². The van der Waals surface area contributed by atoms with Crippen LogP contribution in [0.25, 0.3) is 0 Å². The lowest BCUT2D eigenvalue weighted by molar-refractivity contribution is 0.0601. The summed E-state index contributed by atoms with van der Waals surface area (Å²) in [6.45, 7) is 4.73. The van der Waals surface area contributed by atoms with Crippen LogP contribution in [-0.2, 0) is 17.6 Å². The van der Waals surface area contributed by atoms with Crippen molar-refractivity contribution in [3.8, 4) is 5.75 Å². The fraction of sp³-hybridized carbons (Fsp3) is 0.409. The summed E-state index contributed by atoms with van der Waals surface area (Å²) in [5, 5.41) is 6.45. The lowest BCUT2D eigenvalue weighted by atomic mass is 9.95. The van der Waals surface area contributed by atoms with Crippen LogP contribution in [0.1, 0.15) is 57.8 Å². The third-order valence-electron chi connectivity index (χ3n) is 4.78. The number of anilines is 1. The molecule has 0 fully saturated rings. The van der Waals surface area contributed by atoms with Crippen molar-refractivity contribution in [2.24, 2.45) is 5.92 Å². The topological polar surface area (TPSA) is 76.7 Å². The molecule has 2 aromatic rings. The Balaban J connectivity index is 1.70.